The van der Waals surface area contributed by atoms with Crippen LogP contribution in [0.1, 0.15) is 66.2 Å². The molecule has 0 radical (unpaired) electrons. The van der Waals surface area contributed by atoms with Crippen LogP contribution < -0.4 is 0 Å². The highest BCUT2D eigenvalue weighted by Gasteiger charge is 2.46. The van der Waals surface area contributed by atoms with E-state index in [4.69, 9.17) is 9.84 Å². The molecule has 0 spiro atoms. The molecule has 26 heavy (non-hydrogen) atoms. The molecule has 1 fully saturated rings. The van der Waals surface area contributed by atoms with Gasteiger partial charge in [-0.05, 0) is 40.5 Å². The number of rotatable bonds is 9. The number of esters is 1. The Hall–Kier alpha value is -1.44. The van der Waals surface area contributed by atoms with E-state index in [1.807, 2.05) is 27.7 Å². The van der Waals surface area contributed by atoms with Crippen LogP contribution in [0.4, 0.5) is 0 Å². The molecule has 1 saturated heterocycles. The monoisotopic (exact) mass is 371 g/mol. The number of ether oxygens (including phenoxy) is 1. The summed E-state index contributed by atoms with van der Waals surface area (Å²) in [6, 6.07) is 0. The quantitative estimate of drug-likeness (QED) is 0.325. The summed E-state index contributed by atoms with van der Waals surface area (Å²) in [6.07, 6.45) is 5.69. The fourth-order valence-electron chi connectivity index (χ4n) is 3.65. The molecular formula is C19H33NO6. The maximum absolute atomic E-state index is 12.1. The molecule has 0 saturated carbocycles. The van der Waals surface area contributed by atoms with Gasteiger partial charge in [0.25, 0.3) is 0 Å². The zero-order valence-corrected chi connectivity index (χ0v) is 16.3. The second-order valence-electron chi connectivity index (χ2n) is 8.34. The van der Waals surface area contributed by atoms with Crippen molar-refractivity contribution in [2.24, 2.45) is 5.92 Å². The number of aliphatic carboxylic acids is 1. The van der Waals surface area contributed by atoms with Crippen molar-refractivity contribution in [3.8, 4) is 0 Å². The van der Waals surface area contributed by atoms with E-state index >= 15 is 0 Å². The van der Waals surface area contributed by atoms with Crippen LogP contribution in [0, 0.1) is 5.92 Å². The SMILES string of the molecule is CC1(C)CC(OC(=O)CCCCC(/C=C/C(=O)O)CO)CC(C)(C)N1O. The number of unbranched alkanes of at least 4 members (excludes halogenated alkanes) is 1. The Bertz CT molecular complexity index is 496. The maximum Gasteiger partial charge on any atom is 0.327 e. The van der Waals surface area contributed by atoms with E-state index in [2.05, 4.69) is 0 Å². The first-order valence-corrected chi connectivity index (χ1v) is 9.18. The van der Waals surface area contributed by atoms with Crippen LogP contribution in [0.25, 0.3) is 0 Å². The third-order valence-corrected chi connectivity index (χ3v) is 4.85. The fraction of sp³-hybridized carbons (Fsp3) is 0.789. The summed E-state index contributed by atoms with van der Waals surface area (Å²) >= 11 is 0. The lowest BCUT2D eigenvalue weighted by Crippen LogP contribution is -2.60. The van der Waals surface area contributed by atoms with Crippen molar-refractivity contribution < 1.29 is 29.7 Å². The summed E-state index contributed by atoms with van der Waals surface area (Å²) in [6.45, 7) is 7.59. The Labute approximate surface area is 155 Å². The Balaban J connectivity index is 2.37. The minimum absolute atomic E-state index is 0.113. The molecule has 0 aromatic heterocycles. The van der Waals surface area contributed by atoms with Gasteiger partial charge in [0.05, 0.1) is 0 Å². The van der Waals surface area contributed by atoms with E-state index < -0.39 is 17.0 Å². The number of carboxylic acids is 1. The molecule has 3 N–H and O–H groups in total. The smallest absolute Gasteiger partial charge is 0.327 e. The van der Waals surface area contributed by atoms with Gasteiger partial charge in [0.15, 0.2) is 0 Å². The van der Waals surface area contributed by atoms with E-state index in [0.29, 0.717) is 38.5 Å². The molecule has 1 atom stereocenters. The van der Waals surface area contributed by atoms with Gasteiger partial charge in [-0.1, -0.05) is 12.5 Å². The average Bonchev–Trinajstić information content (AvgIpc) is 2.51. The van der Waals surface area contributed by atoms with Gasteiger partial charge >= 0.3 is 11.9 Å². The van der Waals surface area contributed by atoms with E-state index in [1.54, 1.807) is 0 Å². The third kappa shape index (κ3) is 7.05. The van der Waals surface area contributed by atoms with Crippen molar-refractivity contribution in [3.05, 3.63) is 12.2 Å². The van der Waals surface area contributed by atoms with Crippen LogP contribution in [0.2, 0.25) is 0 Å². The zero-order valence-electron chi connectivity index (χ0n) is 16.3. The second kappa shape index (κ2) is 9.48. The molecular weight excluding hydrogens is 338 g/mol. The molecule has 1 aliphatic rings. The van der Waals surface area contributed by atoms with Crippen LogP contribution >= 0.6 is 0 Å². The fourth-order valence-corrected chi connectivity index (χ4v) is 3.65. The zero-order chi connectivity index (χ0) is 20.0. The lowest BCUT2D eigenvalue weighted by atomic mass is 9.80. The molecule has 1 rings (SSSR count). The predicted octanol–water partition coefficient (Wildman–Crippen LogP) is 2.75. The minimum Gasteiger partial charge on any atom is -0.478 e. The van der Waals surface area contributed by atoms with E-state index in [-0.39, 0.29) is 24.6 Å². The number of hydrogen-bond acceptors (Lipinski definition) is 6. The number of hydroxylamine groups is 2. The number of carbonyl (C=O) groups excluding carboxylic acids is 1. The summed E-state index contributed by atoms with van der Waals surface area (Å²) < 4.78 is 5.61. The summed E-state index contributed by atoms with van der Waals surface area (Å²) in [7, 11) is 0. The number of piperidine rings is 1. The van der Waals surface area contributed by atoms with Gasteiger partial charge in [0, 0.05) is 48.9 Å². The molecule has 7 nitrogen and oxygen atoms in total. The van der Waals surface area contributed by atoms with Crippen LogP contribution in [0.5, 0.6) is 0 Å². The molecule has 0 aliphatic carbocycles. The van der Waals surface area contributed by atoms with Gasteiger partial charge < -0.3 is 20.2 Å². The Morgan fingerprint density at radius 3 is 2.27 bits per heavy atom. The molecule has 0 bridgehead atoms. The largest absolute Gasteiger partial charge is 0.478 e. The van der Waals surface area contributed by atoms with Crippen molar-refractivity contribution in [3.63, 3.8) is 0 Å². The summed E-state index contributed by atoms with van der Waals surface area (Å²) in [4.78, 5) is 22.6. The van der Waals surface area contributed by atoms with E-state index in [1.165, 1.54) is 11.1 Å². The molecule has 0 aromatic carbocycles. The topological polar surface area (TPSA) is 107 Å². The van der Waals surface area contributed by atoms with Gasteiger partial charge in [0.1, 0.15) is 6.10 Å². The van der Waals surface area contributed by atoms with Crippen LogP contribution in [0.3, 0.4) is 0 Å². The number of aliphatic hydroxyl groups is 1. The highest BCUT2D eigenvalue weighted by molar-refractivity contribution is 5.79. The average molecular weight is 371 g/mol. The van der Waals surface area contributed by atoms with Gasteiger partial charge in [0.2, 0.25) is 0 Å². The first-order chi connectivity index (χ1) is 12.0. The van der Waals surface area contributed by atoms with Crippen molar-refractivity contribution in [2.45, 2.75) is 83.4 Å². The van der Waals surface area contributed by atoms with Crippen molar-refractivity contribution >= 4 is 11.9 Å². The first kappa shape index (κ1) is 22.6. The van der Waals surface area contributed by atoms with Gasteiger partial charge in [-0.15, -0.1) is 0 Å². The van der Waals surface area contributed by atoms with Crippen molar-refractivity contribution in [1.82, 2.24) is 5.06 Å². The normalized spacial score (nSPS) is 21.6. The first-order valence-electron chi connectivity index (χ1n) is 9.18. The van der Waals surface area contributed by atoms with Gasteiger partial charge in [-0.3, -0.25) is 4.79 Å². The number of carboxylic acid groups (broad SMARTS) is 1. The lowest BCUT2D eigenvalue weighted by molar-refractivity contribution is -0.259. The summed E-state index contributed by atoms with van der Waals surface area (Å²) in [5.41, 5.74) is -0.922. The Morgan fingerprint density at radius 2 is 1.77 bits per heavy atom. The Morgan fingerprint density at radius 1 is 1.19 bits per heavy atom. The van der Waals surface area contributed by atoms with Gasteiger partial charge in [-0.25, -0.2) is 4.79 Å². The lowest BCUT2D eigenvalue weighted by Gasteiger charge is -2.50. The van der Waals surface area contributed by atoms with Gasteiger partial charge in [-0.2, -0.15) is 5.06 Å². The molecule has 0 aromatic rings. The van der Waals surface area contributed by atoms with E-state index in [9.17, 15) is 19.9 Å². The minimum atomic E-state index is -1.04. The molecule has 1 unspecified atom stereocenters. The molecule has 1 heterocycles. The van der Waals surface area contributed by atoms with Crippen LogP contribution in [0.15, 0.2) is 12.2 Å². The number of hydrogen-bond donors (Lipinski definition) is 3. The van der Waals surface area contributed by atoms with Crippen LogP contribution in [-0.4, -0.2) is 56.2 Å². The maximum atomic E-state index is 12.1. The highest BCUT2D eigenvalue weighted by atomic mass is 16.5. The van der Waals surface area contributed by atoms with Crippen LogP contribution in [-0.2, 0) is 14.3 Å². The van der Waals surface area contributed by atoms with E-state index in [0.717, 1.165) is 6.08 Å². The number of carbonyl (C=O) groups is 2. The third-order valence-electron chi connectivity index (χ3n) is 4.85. The summed E-state index contributed by atoms with van der Waals surface area (Å²) in [5.74, 6) is -1.50. The Kier molecular flexibility index (Phi) is 8.24. The van der Waals surface area contributed by atoms with Crippen molar-refractivity contribution in [2.75, 3.05) is 6.61 Å². The molecule has 0 amide bonds. The molecule has 150 valence electrons. The second-order valence-corrected chi connectivity index (χ2v) is 8.34. The number of aliphatic hydroxyl groups excluding tert-OH is 1. The summed E-state index contributed by atoms with van der Waals surface area (Å²) in [5, 5.41) is 29.4. The highest BCUT2D eigenvalue weighted by Crippen LogP contribution is 2.38. The predicted molar refractivity (Wildman–Crippen MR) is 96.7 cm³/mol. The number of nitrogens with zero attached hydrogens (tertiary/aromatic N) is 1. The van der Waals surface area contributed by atoms with Crippen molar-refractivity contribution in [1.29, 1.82) is 0 Å². The standard InChI is InChI=1S/C19H33NO6/c1-18(2)11-15(12-19(3,4)20(18)25)26-17(24)8-6-5-7-14(13-21)9-10-16(22)23/h9-10,14-15,21,25H,5-8,11-13H2,1-4H3,(H,22,23)/b10-9+. The molecule has 1 aliphatic heterocycles. The molecule has 7 heteroatoms.